The molecule has 0 fully saturated rings. The van der Waals surface area contributed by atoms with E-state index in [1.807, 2.05) is 5.38 Å². The van der Waals surface area contributed by atoms with Gasteiger partial charge in [-0.1, -0.05) is 29.8 Å². The van der Waals surface area contributed by atoms with E-state index in [0.717, 1.165) is 16.3 Å². The molecule has 0 bridgehead atoms. The summed E-state index contributed by atoms with van der Waals surface area (Å²) in [6.45, 7) is 2.06. The minimum atomic E-state index is -0.193. The van der Waals surface area contributed by atoms with Gasteiger partial charge in [0.2, 0.25) is 0 Å². The van der Waals surface area contributed by atoms with Crippen LogP contribution in [0.1, 0.15) is 17.0 Å². The topological polar surface area (TPSA) is 39.2 Å². The lowest BCUT2D eigenvalue weighted by molar-refractivity contribution is -0.140. The molecule has 0 amide bonds. The molecule has 1 aromatic carbocycles. The van der Waals surface area contributed by atoms with E-state index < -0.39 is 0 Å². The first-order chi connectivity index (χ1) is 8.69. The number of benzene rings is 1. The Bertz CT molecular complexity index is 531. The molecule has 2 rings (SSSR count). The van der Waals surface area contributed by atoms with Crippen molar-refractivity contribution in [2.45, 2.75) is 19.8 Å². The highest BCUT2D eigenvalue weighted by Gasteiger charge is 2.07. The molecule has 0 unspecified atom stereocenters. The van der Waals surface area contributed by atoms with Crippen molar-refractivity contribution in [3.8, 4) is 11.3 Å². The summed E-state index contributed by atoms with van der Waals surface area (Å²) >= 11 is 1.58. The van der Waals surface area contributed by atoms with Gasteiger partial charge >= 0.3 is 5.97 Å². The lowest BCUT2D eigenvalue weighted by atomic mass is 10.1. The first-order valence-electron chi connectivity index (χ1n) is 5.77. The van der Waals surface area contributed by atoms with E-state index >= 15 is 0 Å². The average Bonchev–Trinajstić information content (AvgIpc) is 2.85. The number of hydrogen-bond donors (Lipinski definition) is 0. The number of methoxy groups -OCH3 is 1. The second kappa shape index (κ2) is 5.78. The Morgan fingerprint density at radius 2 is 2.06 bits per heavy atom. The minimum absolute atomic E-state index is 0.193. The van der Waals surface area contributed by atoms with E-state index in [2.05, 4.69) is 40.9 Å². The van der Waals surface area contributed by atoms with Crippen LogP contribution in [0.3, 0.4) is 0 Å². The maximum atomic E-state index is 11.1. The predicted octanol–water partition coefficient (Wildman–Crippen LogP) is 3.22. The zero-order chi connectivity index (χ0) is 13.0. The van der Waals surface area contributed by atoms with Crippen LogP contribution in [0.2, 0.25) is 0 Å². The van der Waals surface area contributed by atoms with Gasteiger partial charge in [-0.3, -0.25) is 4.79 Å². The van der Waals surface area contributed by atoms with Gasteiger partial charge in [0.05, 0.1) is 24.2 Å². The molecule has 18 heavy (non-hydrogen) atoms. The molecule has 0 N–H and O–H groups in total. The number of aryl methyl sites for hydroxylation is 2. The van der Waals surface area contributed by atoms with Gasteiger partial charge in [0, 0.05) is 17.4 Å². The first kappa shape index (κ1) is 12.8. The Morgan fingerprint density at radius 3 is 2.72 bits per heavy atom. The molecular weight excluding hydrogens is 246 g/mol. The Kier molecular flexibility index (Phi) is 4.10. The maximum Gasteiger partial charge on any atom is 0.305 e. The molecule has 94 valence electrons. The van der Waals surface area contributed by atoms with E-state index in [0.29, 0.717) is 12.8 Å². The van der Waals surface area contributed by atoms with Crippen molar-refractivity contribution in [3.63, 3.8) is 0 Å². The van der Waals surface area contributed by atoms with Crippen LogP contribution in [0.15, 0.2) is 29.6 Å². The van der Waals surface area contributed by atoms with Gasteiger partial charge in [0.1, 0.15) is 0 Å². The van der Waals surface area contributed by atoms with Crippen LogP contribution in [-0.2, 0) is 16.0 Å². The van der Waals surface area contributed by atoms with Crippen LogP contribution < -0.4 is 0 Å². The largest absolute Gasteiger partial charge is 0.469 e. The molecule has 0 saturated carbocycles. The van der Waals surface area contributed by atoms with Crippen molar-refractivity contribution in [2.75, 3.05) is 7.11 Å². The third kappa shape index (κ3) is 3.17. The number of thiazole rings is 1. The molecule has 1 heterocycles. The monoisotopic (exact) mass is 261 g/mol. The molecule has 0 spiro atoms. The molecule has 4 heteroatoms. The first-order valence-corrected chi connectivity index (χ1v) is 6.65. The number of carbonyl (C=O) groups excluding carboxylic acids is 1. The van der Waals surface area contributed by atoms with Crippen molar-refractivity contribution in [2.24, 2.45) is 0 Å². The lowest BCUT2D eigenvalue weighted by Crippen LogP contribution is -2.01. The third-order valence-electron chi connectivity index (χ3n) is 2.67. The van der Waals surface area contributed by atoms with E-state index in [1.54, 1.807) is 11.3 Å². The van der Waals surface area contributed by atoms with Crippen LogP contribution >= 0.6 is 11.3 Å². The van der Waals surface area contributed by atoms with Crippen molar-refractivity contribution in [1.82, 2.24) is 4.98 Å². The fraction of sp³-hybridized carbons (Fsp3) is 0.286. The molecule has 0 radical (unpaired) electrons. The van der Waals surface area contributed by atoms with Gasteiger partial charge in [-0.25, -0.2) is 4.98 Å². The van der Waals surface area contributed by atoms with E-state index in [4.69, 9.17) is 0 Å². The molecular formula is C14H15NO2S. The molecule has 1 aromatic heterocycles. The zero-order valence-corrected chi connectivity index (χ0v) is 11.3. The van der Waals surface area contributed by atoms with Crippen LogP contribution in [0.5, 0.6) is 0 Å². The van der Waals surface area contributed by atoms with Gasteiger partial charge in [-0.15, -0.1) is 11.3 Å². The highest BCUT2D eigenvalue weighted by Crippen LogP contribution is 2.22. The highest BCUT2D eigenvalue weighted by atomic mass is 32.1. The standard InChI is InChI=1S/C14H15NO2S/c1-10-3-5-11(6-4-10)12-9-18-13(15-12)7-8-14(16)17-2/h3-6,9H,7-8H2,1-2H3. The van der Waals surface area contributed by atoms with Gasteiger partial charge in [0.15, 0.2) is 0 Å². The molecule has 3 nitrogen and oxygen atoms in total. The second-order valence-electron chi connectivity index (χ2n) is 4.07. The minimum Gasteiger partial charge on any atom is -0.469 e. The van der Waals surface area contributed by atoms with Gasteiger partial charge in [-0.05, 0) is 6.92 Å². The summed E-state index contributed by atoms with van der Waals surface area (Å²) in [6, 6.07) is 8.27. The normalized spacial score (nSPS) is 10.3. The molecule has 0 aliphatic rings. The van der Waals surface area contributed by atoms with Crippen LogP contribution in [0.25, 0.3) is 11.3 Å². The van der Waals surface area contributed by atoms with E-state index in [1.165, 1.54) is 12.7 Å². The summed E-state index contributed by atoms with van der Waals surface area (Å²) in [4.78, 5) is 15.6. The van der Waals surface area contributed by atoms with Crippen molar-refractivity contribution < 1.29 is 9.53 Å². The van der Waals surface area contributed by atoms with Crippen molar-refractivity contribution >= 4 is 17.3 Å². The summed E-state index contributed by atoms with van der Waals surface area (Å²) in [5.41, 5.74) is 3.32. The van der Waals surface area contributed by atoms with Gasteiger partial charge in [0.25, 0.3) is 0 Å². The van der Waals surface area contributed by atoms with Crippen molar-refractivity contribution in [1.29, 1.82) is 0 Å². The fourth-order valence-corrected chi connectivity index (χ4v) is 2.40. The number of ether oxygens (including phenoxy) is 1. The smallest absolute Gasteiger partial charge is 0.305 e. The second-order valence-corrected chi connectivity index (χ2v) is 5.01. The summed E-state index contributed by atoms with van der Waals surface area (Å²) in [5.74, 6) is -0.193. The van der Waals surface area contributed by atoms with E-state index in [-0.39, 0.29) is 5.97 Å². The van der Waals surface area contributed by atoms with E-state index in [9.17, 15) is 4.79 Å². The molecule has 0 aliphatic heterocycles. The predicted molar refractivity (Wildman–Crippen MR) is 72.6 cm³/mol. The molecule has 2 aromatic rings. The summed E-state index contributed by atoms with van der Waals surface area (Å²) in [7, 11) is 1.40. The van der Waals surface area contributed by atoms with Gasteiger partial charge in [-0.2, -0.15) is 0 Å². The Labute approximate surface area is 110 Å². The number of nitrogens with zero attached hydrogens (tertiary/aromatic N) is 1. The number of aromatic nitrogens is 1. The molecule has 0 atom stereocenters. The maximum absolute atomic E-state index is 11.1. The highest BCUT2D eigenvalue weighted by molar-refractivity contribution is 7.09. The summed E-state index contributed by atoms with van der Waals surface area (Å²) in [5, 5.41) is 2.99. The Balaban J connectivity index is 2.06. The zero-order valence-electron chi connectivity index (χ0n) is 10.5. The number of esters is 1. The van der Waals surface area contributed by atoms with Gasteiger partial charge < -0.3 is 4.74 Å². The lowest BCUT2D eigenvalue weighted by Gasteiger charge is -1.98. The van der Waals surface area contributed by atoms with Crippen LogP contribution in [-0.4, -0.2) is 18.1 Å². The van der Waals surface area contributed by atoms with Crippen LogP contribution in [0, 0.1) is 6.92 Å². The molecule has 0 aliphatic carbocycles. The average molecular weight is 261 g/mol. The Morgan fingerprint density at radius 1 is 1.33 bits per heavy atom. The number of carbonyl (C=O) groups is 1. The van der Waals surface area contributed by atoms with Crippen molar-refractivity contribution in [3.05, 3.63) is 40.2 Å². The third-order valence-corrected chi connectivity index (χ3v) is 3.58. The fourth-order valence-electron chi connectivity index (χ4n) is 1.59. The summed E-state index contributed by atoms with van der Waals surface area (Å²) in [6.07, 6.45) is 1.03. The Hall–Kier alpha value is -1.68. The number of hydrogen-bond acceptors (Lipinski definition) is 4. The summed E-state index contributed by atoms with van der Waals surface area (Å²) < 4.78 is 4.61. The number of rotatable bonds is 4. The molecule has 0 saturated heterocycles. The SMILES string of the molecule is COC(=O)CCc1nc(-c2ccc(C)cc2)cs1. The van der Waals surface area contributed by atoms with Crippen LogP contribution in [0.4, 0.5) is 0 Å². The quantitative estimate of drug-likeness (QED) is 0.793.